The third kappa shape index (κ3) is 4.53. The molecule has 0 aliphatic carbocycles. The highest BCUT2D eigenvalue weighted by Gasteiger charge is 2.15. The molecule has 23 heavy (non-hydrogen) atoms. The first-order valence-corrected chi connectivity index (χ1v) is 8.15. The Morgan fingerprint density at radius 3 is 2.70 bits per heavy atom. The van der Waals surface area contributed by atoms with E-state index in [-0.39, 0.29) is 11.9 Å². The number of hydrogen-bond donors (Lipinski definition) is 1. The quantitative estimate of drug-likeness (QED) is 0.915. The molecule has 0 spiro atoms. The summed E-state index contributed by atoms with van der Waals surface area (Å²) in [6, 6.07) is 7.02. The van der Waals surface area contributed by atoms with Crippen LogP contribution in [0.25, 0.3) is 0 Å². The normalized spacial score (nSPS) is 10.2. The van der Waals surface area contributed by atoms with Crippen molar-refractivity contribution in [3.63, 3.8) is 0 Å². The number of anilines is 1. The number of hydrogen-bond acceptors (Lipinski definition) is 4. The summed E-state index contributed by atoms with van der Waals surface area (Å²) < 4.78 is 0. The molecule has 3 amide bonds. The molecule has 0 saturated carbocycles. The molecule has 0 radical (unpaired) electrons. The van der Waals surface area contributed by atoms with Crippen LogP contribution in [0.1, 0.15) is 22.3 Å². The summed E-state index contributed by atoms with van der Waals surface area (Å²) in [6.45, 7) is 3.09. The van der Waals surface area contributed by atoms with E-state index < -0.39 is 0 Å². The van der Waals surface area contributed by atoms with Crippen LogP contribution in [0.15, 0.2) is 35.8 Å². The number of amides is 3. The van der Waals surface area contributed by atoms with Gasteiger partial charge in [0.2, 0.25) is 0 Å². The zero-order chi connectivity index (χ0) is 16.8. The summed E-state index contributed by atoms with van der Waals surface area (Å²) in [5.41, 5.74) is 0.855. The van der Waals surface area contributed by atoms with Gasteiger partial charge in [0, 0.05) is 37.4 Å². The standard InChI is InChI=1S/C16H20N4O2S/c1-4-20(11-13-6-5-9-23-13)16(22)18-12-7-8-17-14(10-12)15(21)19(2)3/h5-10H,4,11H2,1-3H3,(H,17,18,22). The van der Waals surface area contributed by atoms with Gasteiger partial charge in [0.25, 0.3) is 5.91 Å². The van der Waals surface area contributed by atoms with Gasteiger partial charge in [-0.05, 0) is 30.5 Å². The number of aromatic nitrogens is 1. The van der Waals surface area contributed by atoms with Crippen molar-refractivity contribution in [3.8, 4) is 0 Å². The summed E-state index contributed by atoms with van der Waals surface area (Å²) in [5.74, 6) is -0.202. The number of thiophene rings is 1. The van der Waals surface area contributed by atoms with Gasteiger partial charge < -0.3 is 15.1 Å². The molecule has 2 aromatic heterocycles. The van der Waals surface area contributed by atoms with Crippen LogP contribution in [0.3, 0.4) is 0 Å². The molecule has 0 fully saturated rings. The van der Waals surface area contributed by atoms with Crippen LogP contribution in [-0.2, 0) is 6.54 Å². The van der Waals surface area contributed by atoms with Crippen LogP contribution in [0.2, 0.25) is 0 Å². The molecule has 0 bridgehead atoms. The van der Waals surface area contributed by atoms with E-state index in [4.69, 9.17) is 0 Å². The van der Waals surface area contributed by atoms with E-state index in [1.807, 2.05) is 24.4 Å². The van der Waals surface area contributed by atoms with E-state index in [2.05, 4.69) is 10.3 Å². The van der Waals surface area contributed by atoms with E-state index in [0.29, 0.717) is 24.5 Å². The van der Waals surface area contributed by atoms with E-state index in [9.17, 15) is 9.59 Å². The van der Waals surface area contributed by atoms with Crippen molar-refractivity contribution in [2.24, 2.45) is 0 Å². The number of carbonyl (C=O) groups is 2. The van der Waals surface area contributed by atoms with Crippen LogP contribution in [0, 0.1) is 0 Å². The van der Waals surface area contributed by atoms with Crippen LogP contribution < -0.4 is 5.32 Å². The number of carbonyl (C=O) groups excluding carboxylic acids is 2. The van der Waals surface area contributed by atoms with Gasteiger partial charge in [0.05, 0.1) is 6.54 Å². The van der Waals surface area contributed by atoms with Gasteiger partial charge in [0.1, 0.15) is 5.69 Å². The molecule has 2 heterocycles. The molecule has 122 valence electrons. The van der Waals surface area contributed by atoms with Crippen molar-refractivity contribution in [3.05, 3.63) is 46.4 Å². The Kier molecular flexibility index (Phi) is 5.70. The van der Waals surface area contributed by atoms with E-state index in [0.717, 1.165) is 4.88 Å². The summed E-state index contributed by atoms with van der Waals surface area (Å²) in [4.78, 5) is 32.6. The van der Waals surface area contributed by atoms with E-state index in [1.165, 1.54) is 11.1 Å². The maximum Gasteiger partial charge on any atom is 0.322 e. The van der Waals surface area contributed by atoms with Gasteiger partial charge in [0.15, 0.2) is 0 Å². The molecule has 0 saturated heterocycles. The van der Waals surface area contributed by atoms with Gasteiger partial charge in [-0.15, -0.1) is 11.3 Å². The molecule has 2 rings (SSSR count). The smallest absolute Gasteiger partial charge is 0.322 e. The Bertz CT molecular complexity index is 670. The fraction of sp³-hybridized carbons (Fsp3) is 0.312. The number of urea groups is 1. The predicted octanol–water partition coefficient (Wildman–Crippen LogP) is 2.90. The molecule has 0 aliphatic rings. The van der Waals surface area contributed by atoms with Crippen LogP contribution in [0.5, 0.6) is 0 Å². The largest absolute Gasteiger partial charge is 0.343 e. The van der Waals surface area contributed by atoms with Gasteiger partial charge in [-0.2, -0.15) is 0 Å². The Hall–Kier alpha value is -2.41. The molecule has 0 aliphatic heterocycles. The summed E-state index contributed by atoms with van der Waals surface area (Å²) >= 11 is 1.62. The minimum atomic E-state index is -0.202. The van der Waals surface area contributed by atoms with Crippen LogP contribution in [0.4, 0.5) is 10.5 Å². The predicted molar refractivity (Wildman–Crippen MR) is 91.7 cm³/mol. The second kappa shape index (κ2) is 7.73. The zero-order valence-corrected chi connectivity index (χ0v) is 14.3. The molecule has 0 unspecified atom stereocenters. The third-order valence-corrected chi connectivity index (χ3v) is 4.09. The second-order valence-corrected chi connectivity index (χ2v) is 6.19. The van der Waals surface area contributed by atoms with Crippen molar-refractivity contribution in [2.45, 2.75) is 13.5 Å². The highest BCUT2D eigenvalue weighted by atomic mass is 32.1. The first-order chi connectivity index (χ1) is 11.0. The van der Waals surface area contributed by atoms with Crippen molar-refractivity contribution in [1.82, 2.24) is 14.8 Å². The maximum absolute atomic E-state index is 12.4. The number of pyridine rings is 1. The SMILES string of the molecule is CCN(Cc1cccs1)C(=O)Nc1ccnc(C(=O)N(C)C)c1. The van der Waals surface area contributed by atoms with Crippen LogP contribution in [-0.4, -0.2) is 47.4 Å². The molecular formula is C16H20N4O2S. The topological polar surface area (TPSA) is 65.5 Å². The van der Waals surface area contributed by atoms with Crippen molar-refractivity contribution < 1.29 is 9.59 Å². The Morgan fingerprint density at radius 1 is 1.30 bits per heavy atom. The van der Waals surface area contributed by atoms with Gasteiger partial charge >= 0.3 is 6.03 Å². The lowest BCUT2D eigenvalue weighted by Gasteiger charge is -2.21. The monoisotopic (exact) mass is 332 g/mol. The zero-order valence-electron chi connectivity index (χ0n) is 13.4. The Balaban J connectivity index is 2.06. The third-order valence-electron chi connectivity index (χ3n) is 3.23. The van der Waals surface area contributed by atoms with E-state index >= 15 is 0 Å². The number of rotatable bonds is 5. The first-order valence-electron chi connectivity index (χ1n) is 7.27. The second-order valence-electron chi connectivity index (χ2n) is 5.15. The molecule has 7 heteroatoms. The van der Waals surface area contributed by atoms with Crippen molar-refractivity contribution in [1.29, 1.82) is 0 Å². The lowest BCUT2D eigenvalue weighted by Crippen LogP contribution is -2.34. The van der Waals surface area contributed by atoms with Crippen molar-refractivity contribution >= 4 is 29.0 Å². The minimum Gasteiger partial charge on any atom is -0.343 e. The van der Waals surface area contributed by atoms with Gasteiger partial charge in [-0.25, -0.2) is 4.79 Å². The molecule has 0 aromatic carbocycles. The van der Waals surface area contributed by atoms with Crippen LogP contribution >= 0.6 is 11.3 Å². The molecule has 1 N–H and O–H groups in total. The molecule has 0 atom stereocenters. The molecule has 2 aromatic rings. The Labute approximate surface area is 139 Å². The maximum atomic E-state index is 12.4. The fourth-order valence-corrected chi connectivity index (χ4v) is 2.69. The summed E-state index contributed by atoms with van der Waals surface area (Å²) in [6.07, 6.45) is 1.52. The van der Waals surface area contributed by atoms with Gasteiger partial charge in [-0.1, -0.05) is 6.07 Å². The first kappa shape index (κ1) is 17.0. The lowest BCUT2D eigenvalue weighted by molar-refractivity contribution is 0.0822. The van der Waals surface area contributed by atoms with Gasteiger partial charge in [-0.3, -0.25) is 9.78 Å². The average Bonchev–Trinajstić information content (AvgIpc) is 3.05. The Morgan fingerprint density at radius 2 is 2.09 bits per heavy atom. The van der Waals surface area contributed by atoms with E-state index in [1.54, 1.807) is 42.5 Å². The summed E-state index contributed by atoms with van der Waals surface area (Å²) in [7, 11) is 3.32. The number of nitrogens with zero attached hydrogens (tertiary/aromatic N) is 3. The number of nitrogens with one attached hydrogen (secondary N) is 1. The fourth-order valence-electron chi connectivity index (χ4n) is 1.97. The molecule has 6 nitrogen and oxygen atoms in total. The average molecular weight is 332 g/mol. The highest BCUT2D eigenvalue weighted by molar-refractivity contribution is 7.09. The lowest BCUT2D eigenvalue weighted by atomic mass is 10.3. The molecular weight excluding hydrogens is 312 g/mol. The highest BCUT2D eigenvalue weighted by Crippen LogP contribution is 2.14. The van der Waals surface area contributed by atoms with Crippen molar-refractivity contribution in [2.75, 3.05) is 26.0 Å². The minimum absolute atomic E-state index is 0.199. The summed E-state index contributed by atoms with van der Waals surface area (Å²) in [5, 5.41) is 4.81.